The molecule has 0 aliphatic heterocycles. The fourth-order valence-corrected chi connectivity index (χ4v) is 4.84. The molecule has 214 valence electrons. The SMILES string of the molecule is CN(c1ncccc1CNc1nc(Nc2ccc(C(=O)NCC3CCCC3)cc2)ncc1C(F)(F)F)S(C)(=O)=O. The van der Waals surface area contributed by atoms with Crippen molar-refractivity contribution in [3.63, 3.8) is 0 Å². The number of amides is 1. The van der Waals surface area contributed by atoms with E-state index in [4.69, 9.17) is 0 Å². The molecule has 1 amide bonds. The molecule has 0 bridgehead atoms. The minimum atomic E-state index is -4.74. The Morgan fingerprint density at radius 3 is 2.45 bits per heavy atom. The number of sulfonamides is 1. The van der Waals surface area contributed by atoms with Crippen molar-refractivity contribution in [2.24, 2.45) is 5.92 Å². The van der Waals surface area contributed by atoms with Crippen molar-refractivity contribution >= 4 is 39.2 Å². The van der Waals surface area contributed by atoms with E-state index in [1.165, 1.54) is 26.1 Å². The van der Waals surface area contributed by atoms with Gasteiger partial charge in [-0.3, -0.25) is 9.10 Å². The lowest BCUT2D eigenvalue weighted by Gasteiger charge is -2.20. The number of benzene rings is 1. The van der Waals surface area contributed by atoms with E-state index < -0.39 is 27.6 Å². The number of rotatable bonds is 10. The van der Waals surface area contributed by atoms with Crippen LogP contribution >= 0.6 is 0 Å². The molecular weight excluding hydrogens is 547 g/mol. The molecule has 0 radical (unpaired) electrons. The molecule has 14 heteroatoms. The summed E-state index contributed by atoms with van der Waals surface area (Å²) in [5.74, 6) is -0.203. The highest BCUT2D eigenvalue weighted by atomic mass is 32.2. The van der Waals surface area contributed by atoms with Crippen LogP contribution in [0, 0.1) is 5.92 Å². The second-order valence-electron chi connectivity index (χ2n) is 9.59. The Bertz CT molecular complexity index is 1440. The summed E-state index contributed by atoms with van der Waals surface area (Å²) < 4.78 is 66.0. The largest absolute Gasteiger partial charge is 0.421 e. The summed E-state index contributed by atoms with van der Waals surface area (Å²) in [6.07, 6.45) is 2.93. The van der Waals surface area contributed by atoms with E-state index >= 15 is 0 Å². The van der Waals surface area contributed by atoms with Gasteiger partial charge in [0.05, 0.1) is 6.26 Å². The zero-order valence-corrected chi connectivity index (χ0v) is 22.8. The molecular formula is C26H30F3N7O3S. The molecule has 1 aliphatic carbocycles. The molecule has 3 N–H and O–H groups in total. The number of carbonyl (C=O) groups excluding carboxylic acids is 1. The average Bonchev–Trinajstić information content (AvgIpc) is 3.43. The molecule has 2 aromatic heterocycles. The maximum absolute atomic E-state index is 13.7. The smallest absolute Gasteiger partial charge is 0.365 e. The molecule has 1 aromatic carbocycles. The van der Waals surface area contributed by atoms with Crippen LogP contribution in [-0.2, 0) is 22.7 Å². The van der Waals surface area contributed by atoms with Gasteiger partial charge in [0.1, 0.15) is 17.2 Å². The van der Waals surface area contributed by atoms with Crippen LogP contribution in [-0.4, -0.2) is 49.1 Å². The minimum absolute atomic E-state index is 0.0748. The second-order valence-corrected chi connectivity index (χ2v) is 11.6. The summed E-state index contributed by atoms with van der Waals surface area (Å²) in [6, 6.07) is 9.54. The highest BCUT2D eigenvalue weighted by Crippen LogP contribution is 2.34. The van der Waals surface area contributed by atoms with Gasteiger partial charge in [-0.15, -0.1) is 0 Å². The molecule has 0 atom stereocenters. The van der Waals surface area contributed by atoms with Crippen molar-refractivity contribution in [3.05, 3.63) is 65.5 Å². The van der Waals surface area contributed by atoms with E-state index in [1.54, 1.807) is 36.4 Å². The Morgan fingerprint density at radius 2 is 1.80 bits per heavy atom. The predicted molar refractivity (Wildman–Crippen MR) is 146 cm³/mol. The zero-order chi connectivity index (χ0) is 28.9. The van der Waals surface area contributed by atoms with Crippen molar-refractivity contribution in [1.29, 1.82) is 0 Å². The lowest BCUT2D eigenvalue weighted by molar-refractivity contribution is -0.137. The predicted octanol–water partition coefficient (Wildman–Crippen LogP) is 4.56. The number of hydrogen-bond donors (Lipinski definition) is 3. The van der Waals surface area contributed by atoms with E-state index in [9.17, 15) is 26.4 Å². The zero-order valence-electron chi connectivity index (χ0n) is 22.0. The lowest BCUT2D eigenvalue weighted by Crippen LogP contribution is -2.28. The topological polar surface area (TPSA) is 129 Å². The minimum Gasteiger partial charge on any atom is -0.365 e. The van der Waals surface area contributed by atoms with Crippen LogP contribution in [0.25, 0.3) is 0 Å². The van der Waals surface area contributed by atoms with Gasteiger partial charge in [-0.05, 0) is 49.1 Å². The maximum atomic E-state index is 13.7. The lowest BCUT2D eigenvalue weighted by atomic mass is 10.1. The molecule has 2 heterocycles. The number of hydrogen-bond acceptors (Lipinski definition) is 8. The van der Waals surface area contributed by atoms with Crippen molar-refractivity contribution < 1.29 is 26.4 Å². The van der Waals surface area contributed by atoms with Gasteiger partial charge < -0.3 is 16.0 Å². The highest BCUT2D eigenvalue weighted by Gasteiger charge is 2.35. The maximum Gasteiger partial charge on any atom is 0.421 e. The van der Waals surface area contributed by atoms with Gasteiger partial charge >= 0.3 is 6.18 Å². The molecule has 1 saturated carbocycles. The van der Waals surface area contributed by atoms with E-state index in [0.717, 1.165) is 23.4 Å². The van der Waals surface area contributed by atoms with Crippen LogP contribution in [0.1, 0.15) is 47.2 Å². The van der Waals surface area contributed by atoms with Crippen LogP contribution in [0.5, 0.6) is 0 Å². The summed E-state index contributed by atoms with van der Waals surface area (Å²) in [7, 11) is -2.34. The summed E-state index contributed by atoms with van der Waals surface area (Å²) in [5, 5.41) is 8.44. The summed E-state index contributed by atoms with van der Waals surface area (Å²) >= 11 is 0. The number of anilines is 4. The number of nitrogens with one attached hydrogen (secondary N) is 3. The van der Waals surface area contributed by atoms with Crippen molar-refractivity contribution in [3.8, 4) is 0 Å². The quantitative estimate of drug-likeness (QED) is 0.320. The molecule has 0 spiro atoms. The molecule has 1 aliphatic rings. The number of alkyl halides is 3. The van der Waals surface area contributed by atoms with Crippen LogP contribution < -0.4 is 20.3 Å². The molecule has 3 aromatic rings. The van der Waals surface area contributed by atoms with E-state index in [-0.39, 0.29) is 24.2 Å². The molecule has 4 rings (SSSR count). The van der Waals surface area contributed by atoms with Gasteiger partial charge in [-0.25, -0.2) is 18.4 Å². The fraction of sp³-hybridized carbons (Fsp3) is 0.385. The van der Waals surface area contributed by atoms with Crippen molar-refractivity contribution in [1.82, 2.24) is 20.3 Å². The third-order valence-corrected chi connectivity index (χ3v) is 7.80. The highest BCUT2D eigenvalue weighted by molar-refractivity contribution is 7.92. The standard InChI is InChI=1S/C26H30F3N7O3S/c1-36(40(2,38)39)23-19(8-5-13-30-23)15-31-22-21(26(27,28)29)16-33-25(35-22)34-20-11-9-18(10-12-20)24(37)32-14-17-6-3-4-7-17/h5,8-13,16-17H,3-4,6-7,14-15H2,1-2H3,(H,32,37)(H2,31,33,34,35). The van der Waals surface area contributed by atoms with Gasteiger partial charge in [0.2, 0.25) is 16.0 Å². The third kappa shape index (κ3) is 7.37. The van der Waals surface area contributed by atoms with Crippen LogP contribution in [0.2, 0.25) is 0 Å². The normalized spacial score (nSPS) is 14.1. The number of nitrogens with zero attached hydrogens (tertiary/aromatic N) is 4. The van der Waals surface area contributed by atoms with E-state index in [0.29, 0.717) is 35.5 Å². The molecule has 10 nitrogen and oxygen atoms in total. The molecule has 40 heavy (non-hydrogen) atoms. The number of pyridine rings is 1. The van der Waals surface area contributed by atoms with Gasteiger partial charge in [0, 0.05) is 49.3 Å². The first-order valence-electron chi connectivity index (χ1n) is 12.6. The number of aromatic nitrogens is 3. The monoisotopic (exact) mass is 577 g/mol. The van der Waals surface area contributed by atoms with Crippen LogP contribution in [0.3, 0.4) is 0 Å². The Labute approximate surface area is 230 Å². The van der Waals surface area contributed by atoms with Crippen molar-refractivity contribution in [2.45, 2.75) is 38.4 Å². The van der Waals surface area contributed by atoms with E-state index in [1.807, 2.05) is 0 Å². The molecule has 0 unspecified atom stereocenters. The van der Waals surface area contributed by atoms with Crippen molar-refractivity contribution in [2.75, 3.05) is 34.8 Å². The Hall–Kier alpha value is -3.94. The van der Waals surface area contributed by atoms with Crippen LogP contribution in [0.15, 0.2) is 48.8 Å². The first-order valence-corrected chi connectivity index (χ1v) is 14.5. The van der Waals surface area contributed by atoms with Gasteiger partial charge in [-0.1, -0.05) is 18.9 Å². The van der Waals surface area contributed by atoms with Gasteiger partial charge in [-0.2, -0.15) is 18.2 Å². The first-order chi connectivity index (χ1) is 18.9. The fourth-order valence-electron chi connectivity index (χ4n) is 4.36. The van der Waals surface area contributed by atoms with E-state index in [2.05, 4.69) is 30.9 Å². The van der Waals surface area contributed by atoms with Gasteiger partial charge in [0.25, 0.3) is 5.91 Å². The van der Waals surface area contributed by atoms with Gasteiger partial charge in [0.15, 0.2) is 0 Å². The Balaban J connectivity index is 1.48. The first kappa shape index (κ1) is 29.1. The molecule has 1 fully saturated rings. The Morgan fingerprint density at radius 1 is 1.10 bits per heavy atom. The number of carbonyl (C=O) groups is 1. The Kier molecular flexibility index (Phi) is 8.76. The summed E-state index contributed by atoms with van der Waals surface area (Å²) in [6.45, 7) is 0.451. The summed E-state index contributed by atoms with van der Waals surface area (Å²) in [5.41, 5.74) is 0.195. The average molecular weight is 578 g/mol. The number of halogens is 3. The summed E-state index contributed by atoms with van der Waals surface area (Å²) in [4.78, 5) is 24.3. The second kappa shape index (κ2) is 12.1. The third-order valence-electron chi connectivity index (χ3n) is 6.63. The van der Waals surface area contributed by atoms with Crippen LogP contribution in [0.4, 0.5) is 36.4 Å². The molecule has 0 saturated heterocycles.